The van der Waals surface area contributed by atoms with Crippen molar-refractivity contribution in [2.75, 3.05) is 11.9 Å². The molecule has 0 radical (unpaired) electrons. The molecule has 1 unspecified atom stereocenters. The first kappa shape index (κ1) is 36.0. The van der Waals surface area contributed by atoms with Crippen LogP contribution in [-0.2, 0) is 14.4 Å². The number of imide groups is 2. The van der Waals surface area contributed by atoms with Gasteiger partial charge in [0, 0.05) is 47.6 Å². The molecule has 15 heteroatoms. The average molecular weight is 754 g/mol. The van der Waals surface area contributed by atoms with Gasteiger partial charge < -0.3 is 5.32 Å². The van der Waals surface area contributed by atoms with E-state index in [0.29, 0.717) is 58.8 Å². The van der Waals surface area contributed by atoms with Crippen molar-refractivity contribution in [2.24, 2.45) is 4.99 Å². The predicted molar refractivity (Wildman–Crippen MR) is 198 cm³/mol. The molecule has 2 N–H and O–H groups in total. The molecule has 3 aliphatic rings. The molecule has 0 saturated carbocycles. The number of unbranched alkanes of at least 4 members (excludes halogenated alkanes) is 2. The number of thiophene rings is 1. The topological polar surface area (TPSA) is 173 Å². The van der Waals surface area contributed by atoms with Gasteiger partial charge in [-0.25, -0.2) is 0 Å². The van der Waals surface area contributed by atoms with E-state index in [9.17, 15) is 28.8 Å². The third kappa shape index (κ3) is 6.72. The molecule has 272 valence electrons. The van der Waals surface area contributed by atoms with Crippen LogP contribution in [0.15, 0.2) is 47.5 Å². The molecule has 1 fully saturated rings. The fraction of sp³-hybridized carbons (Fsp3) is 0.342. The Morgan fingerprint density at radius 3 is 2.49 bits per heavy atom. The number of amides is 4. The summed E-state index contributed by atoms with van der Waals surface area (Å²) in [6.45, 7) is 5.79. The van der Waals surface area contributed by atoms with Crippen molar-refractivity contribution >= 4 is 69.5 Å². The monoisotopic (exact) mass is 753 g/mol. The number of nitrogens with one attached hydrogen (secondary N) is 2. The molecular weight excluding hydrogens is 718 g/mol. The Hall–Kier alpha value is -5.34. The van der Waals surface area contributed by atoms with Crippen molar-refractivity contribution in [3.05, 3.63) is 91.8 Å². The van der Waals surface area contributed by atoms with E-state index in [-0.39, 0.29) is 42.0 Å². The maximum atomic E-state index is 13.8. The van der Waals surface area contributed by atoms with E-state index in [2.05, 4.69) is 20.8 Å². The molecule has 0 bridgehead atoms. The van der Waals surface area contributed by atoms with E-state index in [1.54, 1.807) is 30.3 Å². The number of benzene rings is 2. The fourth-order valence-corrected chi connectivity index (χ4v) is 8.61. The lowest BCUT2D eigenvalue weighted by atomic mass is 9.98. The minimum atomic E-state index is -1.03. The van der Waals surface area contributed by atoms with Crippen molar-refractivity contribution in [2.45, 2.75) is 77.8 Å². The second-order valence-corrected chi connectivity index (χ2v) is 14.9. The second-order valence-electron chi connectivity index (χ2n) is 13.4. The van der Waals surface area contributed by atoms with Gasteiger partial charge in [-0.3, -0.25) is 48.5 Å². The standard InChI is InChI=1S/C38H36ClN7O6S/c1-19(47)18-26-34-44-43-21(3)45(34)38-30(32(41-26)22-11-13-23(39)14-12-22)20(2)33(53-38)28(48)10-5-4-6-17-40-25-9-7-8-24-31(25)37(52)46(36(24)51)27-15-16-29(49)42-35(27)50/h7-9,11-14,26-27,40H,4-6,10,15-18H2,1-3H3,(H,42,49,50)/t26-,27?/m0/s1. The maximum Gasteiger partial charge on any atom is 0.264 e. The first-order valence-corrected chi connectivity index (χ1v) is 18.6. The zero-order valence-corrected chi connectivity index (χ0v) is 30.9. The second kappa shape index (κ2) is 14.6. The Kier molecular flexibility index (Phi) is 9.92. The number of carbonyl (C=O) groups is 6. The number of hydrogen-bond acceptors (Lipinski definition) is 11. The van der Waals surface area contributed by atoms with Gasteiger partial charge in [0.2, 0.25) is 11.8 Å². The van der Waals surface area contributed by atoms with Gasteiger partial charge in [0.05, 0.1) is 21.7 Å². The lowest BCUT2D eigenvalue weighted by Crippen LogP contribution is -2.54. The van der Waals surface area contributed by atoms with Gasteiger partial charge in [-0.05, 0) is 69.9 Å². The van der Waals surface area contributed by atoms with Crippen LogP contribution < -0.4 is 10.6 Å². The van der Waals surface area contributed by atoms with E-state index in [1.165, 1.54) is 18.3 Å². The zero-order chi connectivity index (χ0) is 37.6. The van der Waals surface area contributed by atoms with Gasteiger partial charge in [0.25, 0.3) is 11.8 Å². The first-order chi connectivity index (χ1) is 25.4. The number of ketones is 2. The van der Waals surface area contributed by atoms with E-state index >= 15 is 0 Å². The van der Waals surface area contributed by atoms with Crippen molar-refractivity contribution in [1.82, 2.24) is 25.0 Å². The highest BCUT2D eigenvalue weighted by atomic mass is 35.5. The zero-order valence-electron chi connectivity index (χ0n) is 29.3. The summed E-state index contributed by atoms with van der Waals surface area (Å²) in [6, 6.07) is 10.7. The molecule has 53 heavy (non-hydrogen) atoms. The average Bonchev–Trinajstić information content (AvgIpc) is 3.72. The van der Waals surface area contributed by atoms with Crippen LogP contribution in [-0.4, -0.2) is 73.2 Å². The smallest absolute Gasteiger partial charge is 0.264 e. The van der Waals surface area contributed by atoms with Crippen LogP contribution in [0.5, 0.6) is 0 Å². The minimum Gasteiger partial charge on any atom is -0.384 e. The number of rotatable bonds is 12. The van der Waals surface area contributed by atoms with E-state index < -0.39 is 35.7 Å². The number of anilines is 1. The Morgan fingerprint density at radius 2 is 1.75 bits per heavy atom. The number of carbonyl (C=O) groups excluding carboxylic acids is 6. The molecule has 2 aromatic heterocycles. The number of hydrogen-bond donors (Lipinski definition) is 2. The number of nitrogens with zero attached hydrogens (tertiary/aromatic N) is 5. The fourth-order valence-electron chi connectivity index (χ4n) is 7.15. The van der Waals surface area contributed by atoms with Crippen molar-refractivity contribution in [3.8, 4) is 5.00 Å². The summed E-state index contributed by atoms with van der Waals surface area (Å²) < 4.78 is 1.91. The summed E-state index contributed by atoms with van der Waals surface area (Å²) >= 11 is 7.60. The molecule has 2 aromatic carbocycles. The van der Waals surface area contributed by atoms with Crippen molar-refractivity contribution in [1.29, 1.82) is 0 Å². The number of Topliss-reactive ketones (excluding diaryl/α,β-unsaturated/α-hetero) is 2. The number of fused-ring (bicyclic) bond motifs is 4. The maximum absolute atomic E-state index is 13.8. The molecule has 13 nitrogen and oxygen atoms in total. The van der Waals surface area contributed by atoms with Gasteiger partial charge in [-0.15, -0.1) is 21.5 Å². The highest BCUT2D eigenvalue weighted by Gasteiger charge is 2.45. The van der Waals surface area contributed by atoms with Gasteiger partial charge in [0.15, 0.2) is 11.6 Å². The molecule has 1 saturated heterocycles. The number of aryl methyl sites for hydroxylation is 1. The molecule has 5 heterocycles. The summed E-state index contributed by atoms with van der Waals surface area (Å²) in [6.07, 6.45) is 2.68. The predicted octanol–water partition coefficient (Wildman–Crippen LogP) is 5.73. The van der Waals surface area contributed by atoms with Crippen LogP contribution in [0, 0.1) is 13.8 Å². The highest BCUT2D eigenvalue weighted by Crippen LogP contribution is 2.41. The largest absolute Gasteiger partial charge is 0.384 e. The number of piperidine rings is 1. The quantitative estimate of drug-likeness (QED) is 0.104. The Bertz CT molecular complexity index is 2240. The van der Waals surface area contributed by atoms with Crippen LogP contribution in [0.4, 0.5) is 5.69 Å². The molecular formula is C38H36ClN7O6S. The molecule has 0 spiro atoms. The molecule has 4 aromatic rings. The Labute approximate surface area is 313 Å². The molecule has 3 aliphatic heterocycles. The van der Waals surface area contributed by atoms with Crippen molar-refractivity contribution in [3.63, 3.8) is 0 Å². The van der Waals surface area contributed by atoms with Gasteiger partial charge in [0.1, 0.15) is 28.7 Å². The number of aliphatic imine (C=N–C) groups is 1. The van der Waals surface area contributed by atoms with Crippen LogP contribution in [0.3, 0.4) is 0 Å². The van der Waals surface area contributed by atoms with Crippen LogP contribution in [0.2, 0.25) is 5.02 Å². The summed E-state index contributed by atoms with van der Waals surface area (Å²) in [7, 11) is 0. The molecule has 7 rings (SSSR count). The number of aromatic nitrogens is 3. The third-order valence-electron chi connectivity index (χ3n) is 9.72. The van der Waals surface area contributed by atoms with Gasteiger partial charge >= 0.3 is 0 Å². The third-order valence-corrected chi connectivity index (χ3v) is 11.3. The summed E-state index contributed by atoms with van der Waals surface area (Å²) in [5.74, 6) is -1.03. The summed E-state index contributed by atoms with van der Waals surface area (Å²) in [5, 5.41) is 15.6. The van der Waals surface area contributed by atoms with Gasteiger partial charge in [-0.2, -0.15) is 0 Å². The lowest BCUT2D eigenvalue weighted by molar-refractivity contribution is -0.136. The normalized spacial score (nSPS) is 17.9. The van der Waals surface area contributed by atoms with Crippen LogP contribution in [0.25, 0.3) is 5.00 Å². The summed E-state index contributed by atoms with van der Waals surface area (Å²) in [5.41, 5.74) is 4.01. The van der Waals surface area contributed by atoms with Crippen LogP contribution in [0.1, 0.15) is 117 Å². The highest BCUT2D eigenvalue weighted by molar-refractivity contribution is 7.17. The van der Waals surface area contributed by atoms with E-state index in [0.717, 1.165) is 33.0 Å². The number of halogens is 1. The Balaban J connectivity index is 1.03. The van der Waals surface area contributed by atoms with Crippen LogP contribution >= 0.6 is 22.9 Å². The lowest BCUT2D eigenvalue weighted by Gasteiger charge is -2.27. The first-order valence-electron chi connectivity index (χ1n) is 17.5. The Morgan fingerprint density at radius 1 is 0.981 bits per heavy atom. The molecule has 0 aliphatic carbocycles. The summed E-state index contributed by atoms with van der Waals surface area (Å²) in [4.78, 5) is 83.4. The molecule has 4 amide bonds. The van der Waals surface area contributed by atoms with E-state index in [1.807, 2.05) is 30.5 Å². The van der Waals surface area contributed by atoms with Gasteiger partial charge in [-0.1, -0.05) is 36.2 Å². The molecule has 2 atom stereocenters. The SMILES string of the molecule is CC(=O)C[C@@H]1N=C(c2ccc(Cl)cc2)c2c(sc(C(=O)CCCCCNc3cccc4c3C(=O)N(C3CCC(=O)NC3=O)C4=O)c2C)-n2c(C)nnc21. The van der Waals surface area contributed by atoms with E-state index in [4.69, 9.17) is 16.6 Å². The van der Waals surface area contributed by atoms with Crippen molar-refractivity contribution < 1.29 is 28.8 Å². The minimum absolute atomic E-state index is 0.00933.